The van der Waals surface area contributed by atoms with E-state index in [1.807, 2.05) is 54.6 Å². The summed E-state index contributed by atoms with van der Waals surface area (Å²) < 4.78 is 31.3. The maximum absolute atomic E-state index is 14.2. The lowest BCUT2D eigenvalue weighted by atomic mass is 10.1. The van der Waals surface area contributed by atoms with Gasteiger partial charge in [0, 0.05) is 28.0 Å². The second kappa shape index (κ2) is 9.02. The van der Waals surface area contributed by atoms with Crippen LogP contribution in [-0.2, 0) is 17.1 Å². The van der Waals surface area contributed by atoms with Crippen LogP contribution in [0.4, 0.5) is 4.39 Å². The molecule has 4 aromatic rings. The lowest BCUT2D eigenvalue weighted by Gasteiger charge is -2.28. The van der Waals surface area contributed by atoms with Gasteiger partial charge in [-0.2, -0.15) is 0 Å². The molecule has 1 N–H and O–H groups in total. The zero-order valence-electron chi connectivity index (χ0n) is 17.2. The van der Waals surface area contributed by atoms with E-state index >= 15 is 0 Å². The molecule has 0 bridgehead atoms. The molecule has 32 heavy (non-hydrogen) atoms. The van der Waals surface area contributed by atoms with Gasteiger partial charge in [-0.25, -0.2) is 9.37 Å². The van der Waals surface area contributed by atoms with Crippen molar-refractivity contribution in [3.05, 3.63) is 89.2 Å². The molecule has 5 rings (SSSR count). The number of ether oxygens (including phenoxy) is 3. The Morgan fingerprint density at radius 1 is 1.12 bits per heavy atom. The van der Waals surface area contributed by atoms with Gasteiger partial charge in [-0.3, -0.25) is 5.10 Å². The highest BCUT2D eigenvalue weighted by molar-refractivity contribution is 7.98. The van der Waals surface area contributed by atoms with Gasteiger partial charge in [0.25, 0.3) is 0 Å². The van der Waals surface area contributed by atoms with E-state index in [0.29, 0.717) is 28.0 Å². The Balaban J connectivity index is 1.33. The topological polar surface area (TPSA) is 69.3 Å². The lowest BCUT2D eigenvalue weighted by Crippen LogP contribution is -2.19. The third-order valence-corrected chi connectivity index (χ3v) is 5.98. The maximum atomic E-state index is 14.2. The first-order valence-electron chi connectivity index (χ1n) is 10.0. The number of aromatic amines is 1. The number of hydrogen-bond acceptors (Lipinski definition) is 6. The number of fused-ring (bicyclic) bond motifs is 1. The molecular weight excluding hydrogens is 429 g/mol. The first-order chi connectivity index (χ1) is 15.7. The second-order valence-electron chi connectivity index (χ2n) is 7.21. The molecule has 1 aliphatic rings. The molecule has 1 atom stereocenters. The number of thioether (sulfide) groups is 1. The minimum Gasteiger partial charge on any atom is -0.497 e. The Kier molecular flexibility index (Phi) is 5.79. The van der Waals surface area contributed by atoms with Gasteiger partial charge in [-0.05, 0) is 36.4 Å². The van der Waals surface area contributed by atoms with Crippen LogP contribution in [-0.4, -0.2) is 22.3 Å². The molecule has 1 aromatic heterocycles. The van der Waals surface area contributed by atoms with E-state index in [-0.39, 0.29) is 12.4 Å². The van der Waals surface area contributed by atoms with Crippen LogP contribution < -0.4 is 9.47 Å². The first-order valence-corrected chi connectivity index (χ1v) is 11.0. The zero-order chi connectivity index (χ0) is 21.9. The predicted molar refractivity (Wildman–Crippen MR) is 119 cm³/mol. The van der Waals surface area contributed by atoms with Gasteiger partial charge in [-0.15, -0.1) is 5.10 Å². The number of benzene rings is 3. The molecule has 0 fully saturated rings. The van der Waals surface area contributed by atoms with Gasteiger partial charge in [0.15, 0.2) is 5.82 Å². The summed E-state index contributed by atoms with van der Waals surface area (Å²) in [5, 5.41) is 7.80. The highest BCUT2D eigenvalue weighted by atomic mass is 32.2. The standard InChI is InChI=1S/C24H20FN3O3S/c1-29-20-9-7-15(8-10-20)22-26-24(28-27-22)32-14-18-12-19(25)11-17-13-30-23(31-21(17)18)16-5-3-2-4-6-16/h2-12,23H,13-14H2,1H3,(H,26,27,28). The number of hydrogen-bond donors (Lipinski definition) is 1. The Hall–Kier alpha value is -3.36. The summed E-state index contributed by atoms with van der Waals surface area (Å²) in [6, 6.07) is 20.2. The molecule has 1 unspecified atom stereocenters. The number of methoxy groups -OCH3 is 1. The number of nitrogens with zero attached hydrogens (tertiary/aromatic N) is 2. The molecule has 0 aliphatic carbocycles. The van der Waals surface area contributed by atoms with Crippen molar-refractivity contribution in [2.45, 2.75) is 23.8 Å². The first kappa shape index (κ1) is 20.5. The Morgan fingerprint density at radius 2 is 1.94 bits per heavy atom. The molecule has 0 saturated carbocycles. The molecule has 0 radical (unpaired) electrons. The van der Waals surface area contributed by atoms with Crippen LogP contribution in [0.3, 0.4) is 0 Å². The monoisotopic (exact) mass is 449 g/mol. The normalized spacial score (nSPS) is 15.1. The molecule has 8 heteroatoms. The zero-order valence-corrected chi connectivity index (χ0v) is 18.1. The quantitative estimate of drug-likeness (QED) is 0.391. The maximum Gasteiger partial charge on any atom is 0.227 e. The molecule has 162 valence electrons. The molecular formula is C24H20FN3O3S. The number of H-pyrrole nitrogens is 1. The third-order valence-electron chi connectivity index (χ3n) is 5.08. The van der Waals surface area contributed by atoms with E-state index < -0.39 is 6.29 Å². The summed E-state index contributed by atoms with van der Waals surface area (Å²) in [5.41, 5.74) is 3.25. The number of halogens is 1. The Bertz CT molecular complexity index is 1220. The van der Waals surface area contributed by atoms with Gasteiger partial charge in [0.2, 0.25) is 11.4 Å². The smallest absolute Gasteiger partial charge is 0.227 e. The second-order valence-corrected chi connectivity index (χ2v) is 8.15. The van der Waals surface area contributed by atoms with E-state index in [0.717, 1.165) is 22.4 Å². The van der Waals surface area contributed by atoms with Crippen molar-refractivity contribution in [3.63, 3.8) is 0 Å². The SMILES string of the molecule is COc1ccc(-c2nc(SCc3cc(F)cc4c3OC(c3ccccc3)OC4)n[nH]2)cc1. The van der Waals surface area contributed by atoms with Crippen molar-refractivity contribution in [1.29, 1.82) is 0 Å². The van der Waals surface area contributed by atoms with Crippen LogP contribution in [0.2, 0.25) is 0 Å². The summed E-state index contributed by atoms with van der Waals surface area (Å²) >= 11 is 1.41. The predicted octanol–water partition coefficient (Wildman–Crippen LogP) is 5.52. The average molecular weight is 450 g/mol. The summed E-state index contributed by atoms with van der Waals surface area (Å²) in [4.78, 5) is 4.54. The molecule has 2 heterocycles. The summed E-state index contributed by atoms with van der Waals surface area (Å²) in [5.74, 6) is 2.23. The van der Waals surface area contributed by atoms with Crippen molar-refractivity contribution in [3.8, 4) is 22.9 Å². The molecule has 0 saturated heterocycles. The largest absolute Gasteiger partial charge is 0.497 e. The van der Waals surface area contributed by atoms with Gasteiger partial charge in [0.1, 0.15) is 17.3 Å². The summed E-state index contributed by atoms with van der Waals surface area (Å²) in [6.45, 7) is 0.284. The van der Waals surface area contributed by atoms with Gasteiger partial charge in [-0.1, -0.05) is 42.1 Å². The van der Waals surface area contributed by atoms with Crippen LogP contribution in [0, 0.1) is 5.82 Å². The van der Waals surface area contributed by atoms with Crippen LogP contribution >= 0.6 is 11.8 Å². The van der Waals surface area contributed by atoms with Crippen LogP contribution in [0.5, 0.6) is 11.5 Å². The van der Waals surface area contributed by atoms with Crippen molar-refractivity contribution < 1.29 is 18.6 Å². The third kappa shape index (κ3) is 4.32. The Labute approximate surface area is 188 Å². The van der Waals surface area contributed by atoms with E-state index in [1.54, 1.807) is 7.11 Å². The van der Waals surface area contributed by atoms with Crippen LogP contribution in [0.1, 0.15) is 23.0 Å². The summed E-state index contributed by atoms with van der Waals surface area (Å²) in [7, 11) is 1.63. The fraction of sp³-hybridized carbons (Fsp3) is 0.167. The van der Waals surface area contributed by atoms with Crippen molar-refractivity contribution in [2.24, 2.45) is 0 Å². The van der Waals surface area contributed by atoms with Crippen LogP contribution in [0.25, 0.3) is 11.4 Å². The minimum absolute atomic E-state index is 0.284. The molecule has 0 amide bonds. The summed E-state index contributed by atoms with van der Waals surface area (Å²) in [6.07, 6.45) is -0.525. The van der Waals surface area contributed by atoms with Crippen molar-refractivity contribution in [1.82, 2.24) is 15.2 Å². The van der Waals surface area contributed by atoms with Crippen molar-refractivity contribution >= 4 is 11.8 Å². The number of nitrogens with one attached hydrogen (secondary N) is 1. The van der Waals surface area contributed by atoms with E-state index in [2.05, 4.69) is 15.2 Å². The van der Waals surface area contributed by atoms with E-state index in [1.165, 1.54) is 23.9 Å². The molecule has 6 nitrogen and oxygen atoms in total. The lowest BCUT2D eigenvalue weighted by molar-refractivity contribution is -0.112. The highest BCUT2D eigenvalue weighted by Crippen LogP contribution is 2.38. The van der Waals surface area contributed by atoms with Crippen molar-refractivity contribution in [2.75, 3.05) is 7.11 Å². The molecule has 0 spiro atoms. The van der Waals surface area contributed by atoms with Gasteiger partial charge >= 0.3 is 0 Å². The van der Waals surface area contributed by atoms with Gasteiger partial charge in [0.05, 0.1) is 13.7 Å². The van der Waals surface area contributed by atoms with Crippen LogP contribution in [0.15, 0.2) is 71.9 Å². The Morgan fingerprint density at radius 3 is 2.72 bits per heavy atom. The van der Waals surface area contributed by atoms with Gasteiger partial charge < -0.3 is 14.2 Å². The molecule has 1 aliphatic heterocycles. The van der Waals surface area contributed by atoms with E-state index in [4.69, 9.17) is 14.2 Å². The highest BCUT2D eigenvalue weighted by Gasteiger charge is 2.25. The average Bonchev–Trinajstić information content (AvgIpc) is 3.32. The number of aromatic nitrogens is 3. The molecule has 3 aromatic carbocycles. The van der Waals surface area contributed by atoms with E-state index in [9.17, 15) is 4.39 Å². The fourth-order valence-corrected chi connectivity index (χ4v) is 4.25. The number of rotatable bonds is 6. The fourth-order valence-electron chi connectivity index (χ4n) is 3.49. The minimum atomic E-state index is -0.525.